The molecule has 0 bridgehead atoms. The van der Waals surface area contributed by atoms with E-state index >= 15 is 0 Å². The second-order valence-electron chi connectivity index (χ2n) is 7.31. The quantitative estimate of drug-likeness (QED) is 0.855. The topological polar surface area (TPSA) is 45.9 Å². The molecule has 0 N–H and O–H groups in total. The molecule has 1 atom stereocenters. The average molecular weight is 320 g/mol. The van der Waals surface area contributed by atoms with Crippen LogP contribution >= 0.6 is 0 Å². The number of methoxy groups -OCH3 is 1. The molecule has 2 fully saturated rings. The molecule has 1 aromatic heterocycles. The highest BCUT2D eigenvalue weighted by Gasteiger charge is 2.49. The van der Waals surface area contributed by atoms with Crippen molar-refractivity contribution < 1.29 is 13.9 Å². The first-order valence-electron chi connectivity index (χ1n) is 8.61. The highest BCUT2D eigenvalue weighted by atomic mass is 16.5. The van der Waals surface area contributed by atoms with Gasteiger partial charge in [0.05, 0.1) is 12.9 Å². The minimum Gasteiger partial charge on any atom is -0.459 e. The lowest BCUT2D eigenvalue weighted by Crippen LogP contribution is -2.47. The fourth-order valence-corrected chi connectivity index (χ4v) is 4.23. The Bertz CT molecular complexity index is 518. The van der Waals surface area contributed by atoms with Gasteiger partial charge in [0.1, 0.15) is 0 Å². The van der Waals surface area contributed by atoms with Crippen LogP contribution in [0.2, 0.25) is 0 Å². The summed E-state index contributed by atoms with van der Waals surface area (Å²) in [5.41, 5.74) is 0.198. The molecule has 3 rings (SSSR count). The van der Waals surface area contributed by atoms with Gasteiger partial charge in [0, 0.05) is 32.2 Å². The molecule has 128 valence electrons. The van der Waals surface area contributed by atoms with Gasteiger partial charge in [0.2, 0.25) is 0 Å². The number of ether oxygens (including phenoxy) is 1. The van der Waals surface area contributed by atoms with E-state index in [1.54, 1.807) is 25.5 Å². The fourth-order valence-electron chi connectivity index (χ4n) is 4.23. The molecule has 2 aliphatic rings. The van der Waals surface area contributed by atoms with E-state index in [4.69, 9.17) is 9.15 Å². The molecule has 0 radical (unpaired) electrons. The number of carbonyl (C=O) groups is 1. The lowest BCUT2D eigenvalue weighted by Gasteiger charge is -2.43. The Kier molecular flexibility index (Phi) is 4.78. The first-order chi connectivity index (χ1) is 11.1. The SMILES string of the molecule is COC[C@@H]1CN(C(=O)c2ccco2)CC12CCN(C(C)C)CC2. The van der Waals surface area contributed by atoms with Crippen molar-refractivity contribution in [2.24, 2.45) is 11.3 Å². The molecule has 2 saturated heterocycles. The molecule has 5 heteroatoms. The predicted molar refractivity (Wildman–Crippen MR) is 88.4 cm³/mol. The van der Waals surface area contributed by atoms with Crippen LogP contribution < -0.4 is 0 Å². The number of hydrogen-bond donors (Lipinski definition) is 0. The van der Waals surface area contributed by atoms with Crippen LogP contribution in [0.25, 0.3) is 0 Å². The second kappa shape index (κ2) is 6.65. The summed E-state index contributed by atoms with van der Waals surface area (Å²) in [7, 11) is 1.76. The highest BCUT2D eigenvalue weighted by Crippen LogP contribution is 2.45. The first-order valence-corrected chi connectivity index (χ1v) is 8.61. The Morgan fingerprint density at radius 2 is 2.17 bits per heavy atom. The van der Waals surface area contributed by atoms with Crippen LogP contribution in [0.3, 0.4) is 0 Å². The lowest BCUT2D eigenvalue weighted by atomic mass is 9.71. The van der Waals surface area contributed by atoms with Gasteiger partial charge in [-0.15, -0.1) is 0 Å². The number of furan rings is 1. The molecule has 0 aromatic carbocycles. The van der Waals surface area contributed by atoms with Gasteiger partial charge >= 0.3 is 0 Å². The Morgan fingerprint density at radius 3 is 2.74 bits per heavy atom. The van der Waals surface area contributed by atoms with Gasteiger partial charge in [-0.3, -0.25) is 4.79 Å². The zero-order chi connectivity index (χ0) is 16.4. The second-order valence-corrected chi connectivity index (χ2v) is 7.31. The lowest BCUT2D eigenvalue weighted by molar-refractivity contribution is 0.0279. The maximum absolute atomic E-state index is 12.6. The van der Waals surface area contributed by atoms with E-state index in [1.165, 1.54) is 0 Å². The molecule has 0 aliphatic carbocycles. The van der Waals surface area contributed by atoms with Crippen LogP contribution in [0, 0.1) is 11.3 Å². The minimum absolute atomic E-state index is 0.0132. The molecule has 23 heavy (non-hydrogen) atoms. The Hall–Kier alpha value is -1.33. The van der Waals surface area contributed by atoms with Crippen molar-refractivity contribution in [2.75, 3.05) is 39.9 Å². The van der Waals surface area contributed by atoms with Crippen molar-refractivity contribution in [3.63, 3.8) is 0 Å². The van der Waals surface area contributed by atoms with E-state index in [0.29, 0.717) is 17.7 Å². The van der Waals surface area contributed by atoms with E-state index in [0.717, 1.165) is 45.6 Å². The Labute approximate surface area is 138 Å². The van der Waals surface area contributed by atoms with Crippen molar-refractivity contribution in [2.45, 2.75) is 32.7 Å². The van der Waals surface area contributed by atoms with Crippen LogP contribution in [-0.2, 0) is 4.74 Å². The number of carbonyl (C=O) groups excluding carboxylic acids is 1. The average Bonchev–Trinajstić information content (AvgIpc) is 3.17. The summed E-state index contributed by atoms with van der Waals surface area (Å²) < 4.78 is 10.8. The third kappa shape index (κ3) is 3.17. The van der Waals surface area contributed by atoms with Crippen molar-refractivity contribution in [1.82, 2.24) is 9.80 Å². The number of rotatable bonds is 4. The van der Waals surface area contributed by atoms with Crippen molar-refractivity contribution in [1.29, 1.82) is 0 Å². The number of hydrogen-bond acceptors (Lipinski definition) is 4. The third-order valence-electron chi connectivity index (χ3n) is 5.72. The van der Waals surface area contributed by atoms with Crippen molar-refractivity contribution in [3.05, 3.63) is 24.2 Å². The van der Waals surface area contributed by atoms with Crippen LogP contribution in [0.1, 0.15) is 37.2 Å². The monoisotopic (exact) mass is 320 g/mol. The highest BCUT2D eigenvalue weighted by molar-refractivity contribution is 5.91. The summed E-state index contributed by atoms with van der Waals surface area (Å²) in [5, 5.41) is 0. The largest absolute Gasteiger partial charge is 0.459 e. The zero-order valence-electron chi connectivity index (χ0n) is 14.5. The summed E-state index contributed by atoms with van der Waals surface area (Å²) in [5.74, 6) is 0.873. The molecule has 2 aliphatic heterocycles. The normalized spacial score (nSPS) is 24.7. The summed E-state index contributed by atoms with van der Waals surface area (Å²) in [6.45, 7) is 9.06. The molecular weight excluding hydrogens is 292 g/mol. The number of nitrogens with zero attached hydrogens (tertiary/aromatic N) is 2. The van der Waals surface area contributed by atoms with Gasteiger partial charge in [-0.25, -0.2) is 0 Å². The van der Waals surface area contributed by atoms with E-state index in [9.17, 15) is 4.79 Å². The summed E-state index contributed by atoms with van der Waals surface area (Å²) in [6.07, 6.45) is 3.84. The number of amides is 1. The molecule has 1 aromatic rings. The molecule has 1 spiro atoms. The van der Waals surface area contributed by atoms with Crippen molar-refractivity contribution in [3.8, 4) is 0 Å². The Balaban J connectivity index is 1.73. The van der Waals surface area contributed by atoms with Gasteiger partial charge in [-0.2, -0.15) is 0 Å². The maximum Gasteiger partial charge on any atom is 0.289 e. The summed E-state index contributed by atoms with van der Waals surface area (Å²) >= 11 is 0. The van der Waals surface area contributed by atoms with Crippen LogP contribution in [0.4, 0.5) is 0 Å². The third-order valence-corrected chi connectivity index (χ3v) is 5.72. The minimum atomic E-state index is 0.0132. The number of likely N-dealkylation sites (tertiary alicyclic amines) is 2. The van der Waals surface area contributed by atoms with E-state index in [-0.39, 0.29) is 11.3 Å². The smallest absolute Gasteiger partial charge is 0.289 e. The van der Waals surface area contributed by atoms with Crippen molar-refractivity contribution >= 4 is 5.91 Å². The van der Waals surface area contributed by atoms with E-state index in [1.807, 2.05) is 4.90 Å². The predicted octanol–water partition coefficient (Wildman–Crippen LogP) is 2.49. The summed E-state index contributed by atoms with van der Waals surface area (Å²) in [4.78, 5) is 17.1. The summed E-state index contributed by atoms with van der Waals surface area (Å²) in [6, 6.07) is 4.11. The molecular formula is C18H28N2O3. The van der Waals surface area contributed by atoms with E-state index < -0.39 is 0 Å². The first kappa shape index (κ1) is 16.5. The van der Waals surface area contributed by atoms with Gasteiger partial charge in [0.15, 0.2) is 5.76 Å². The van der Waals surface area contributed by atoms with Crippen LogP contribution in [-0.4, -0.2) is 61.6 Å². The zero-order valence-corrected chi connectivity index (χ0v) is 14.5. The van der Waals surface area contributed by atoms with Gasteiger partial charge in [-0.1, -0.05) is 0 Å². The number of piperidine rings is 1. The Morgan fingerprint density at radius 1 is 1.43 bits per heavy atom. The van der Waals surface area contributed by atoms with Gasteiger partial charge in [-0.05, 0) is 57.3 Å². The molecule has 1 amide bonds. The fraction of sp³-hybridized carbons (Fsp3) is 0.722. The molecule has 3 heterocycles. The van der Waals surface area contributed by atoms with Crippen LogP contribution in [0.15, 0.2) is 22.8 Å². The van der Waals surface area contributed by atoms with Gasteiger partial charge in [0.25, 0.3) is 5.91 Å². The maximum atomic E-state index is 12.6. The molecule has 0 saturated carbocycles. The van der Waals surface area contributed by atoms with Gasteiger partial charge < -0.3 is 19.0 Å². The van der Waals surface area contributed by atoms with E-state index in [2.05, 4.69) is 18.7 Å². The van der Waals surface area contributed by atoms with Crippen LogP contribution in [0.5, 0.6) is 0 Å². The molecule has 0 unspecified atom stereocenters. The standard InChI is InChI=1S/C18H28N2O3/c1-14(2)19-8-6-18(7-9-19)13-20(11-15(18)12-22-3)17(21)16-5-4-10-23-16/h4-5,10,14-15H,6-9,11-13H2,1-3H3/t15-/m0/s1. The molecule has 5 nitrogen and oxygen atoms in total.